The molecule has 0 amide bonds. The molecule has 0 fully saturated rings. The van der Waals surface area contributed by atoms with E-state index >= 15 is 0 Å². The Hall–Kier alpha value is -3.38. The second kappa shape index (κ2) is 4.95. The van der Waals surface area contributed by atoms with E-state index < -0.39 is 0 Å². The van der Waals surface area contributed by atoms with Crippen molar-refractivity contribution in [3.8, 4) is 18.0 Å². The van der Waals surface area contributed by atoms with Crippen molar-refractivity contribution in [1.29, 1.82) is 10.5 Å². The third kappa shape index (κ3) is 1.96. The molecule has 2 aromatic heterocycles. The number of nitrogens with two attached hydrogens (primary N) is 1. The predicted octanol–water partition coefficient (Wildman–Crippen LogP) is 1.94. The average Bonchev–Trinajstić information content (AvgIpc) is 2.86. The van der Waals surface area contributed by atoms with Crippen LogP contribution in [0.4, 0.5) is 5.69 Å². The van der Waals surface area contributed by atoms with Crippen molar-refractivity contribution in [3.05, 3.63) is 47.9 Å². The number of nitrogens with zero attached hydrogens (tertiary/aromatic N) is 5. The Morgan fingerprint density at radius 3 is 2.76 bits per heavy atom. The highest BCUT2D eigenvalue weighted by molar-refractivity contribution is 5.80. The Kier molecular flexibility index (Phi) is 2.98. The molecule has 0 atom stereocenters. The molecule has 1 aromatic carbocycles. The van der Waals surface area contributed by atoms with Crippen LogP contribution in [-0.4, -0.2) is 14.5 Å². The molecule has 0 saturated heterocycles. The van der Waals surface area contributed by atoms with E-state index in [9.17, 15) is 0 Å². The first kappa shape index (κ1) is 12.6. The van der Waals surface area contributed by atoms with Crippen LogP contribution in [0.1, 0.15) is 11.4 Å². The highest BCUT2D eigenvalue weighted by atomic mass is 15.1. The van der Waals surface area contributed by atoms with Crippen LogP contribution in [0, 0.1) is 22.7 Å². The van der Waals surface area contributed by atoms with Crippen molar-refractivity contribution >= 4 is 16.7 Å². The van der Waals surface area contributed by atoms with E-state index in [1.54, 1.807) is 10.6 Å². The number of aromatic nitrogens is 3. The van der Waals surface area contributed by atoms with E-state index in [-0.39, 0.29) is 12.1 Å². The van der Waals surface area contributed by atoms with Crippen LogP contribution in [0.3, 0.4) is 0 Å². The van der Waals surface area contributed by atoms with Gasteiger partial charge in [-0.15, -0.1) is 0 Å². The SMILES string of the molecule is N#CCc1nc2ccccc2n1-c1nccc(C#N)c1N. The second-order valence-electron chi connectivity index (χ2n) is 4.39. The van der Waals surface area contributed by atoms with Gasteiger partial charge in [0.1, 0.15) is 11.9 Å². The lowest BCUT2D eigenvalue weighted by molar-refractivity contribution is 0.924. The van der Waals surface area contributed by atoms with E-state index in [1.165, 1.54) is 6.20 Å². The fraction of sp³-hybridized carbons (Fsp3) is 0.0667. The number of pyridine rings is 1. The van der Waals surface area contributed by atoms with Crippen LogP contribution in [-0.2, 0) is 6.42 Å². The van der Waals surface area contributed by atoms with Crippen LogP contribution < -0.4 is 5.73 Å². The van der Waals surface area contributed by atoms with E-state index in [0.717, 1.165) is 11.0 Å². The third-order valence-electron chi connectivity index (χ3n) is 3.17. The Morgan fingerprint density at radius 1 is 1.19 bits per heavy atom. The van der Waals surface area contributed by atoms with Gasteiger partial charge in [0.2, 0.25) is 0 Å². The molecule has 3 rings (SSSR count). The number of rotatable bonds is 2. The average molecular weight is 274 g/mol. The maximum absolute atomic E-state index is 9.09. The summed E-state index contributed by atoms with van der Waals surface area (Å²) in [7, 11) is 0. The fourth-order valence-electron chi connectivity index (χ4n) is 2.24. The molecule has 6 heteroatoms. The topological polar surface area (TPSA) is 104 Å². The Balaban J connectivity index is 2.37. The molecule has 6 nitrogen and oxygen atoms in total. The van der Waals surface area contributed by atoms with Crippen LogP contribution in [0.15, 0.2) is 36.5 Å². The smallest absolute Gasteiger partial charge is 0.163 e. The summed E-state index contributed by atoms with van der Waals surface area (Å²) < 4.78 is 1.73. The zero-order valence-electron chi connectivity index (χ0n) is 11.0. The molecule has 0 bridgehead atoms. The van der Waals surface area contributed by atoms with E-state index in [0.29, 0.717) is 17.2 Å². The van der Waals surface area contributed by atoms with Gasteiger partial charge in [0.25, 0.3) is 0 Å². The molecular weight excluding hydrogens is 264 g/mol. The maximum atomic E-state index is 9.09. The normalized spacial score (nSPS) is 10.2. The molecule has 21 heavy (non-hydrogen) atoms. The Labute approximate surface area is 120 Å². The number of hydrogen-bond donors (Lipinski definition) is 1. The standard InChI is InChI=1S/C15H10N6/c16-7-5-13-20-11-3-1-2-4-12(11)21(13)15-14(18)10(9-17)6-8-19-15/h1-4,6,8H,5,18H2. The first-order valence-corrected chi connectivity index (χ1v) is 6.24. The van der Waals surface area contributed by atoms with Crippen LogP contribution in [0.25, 0.3) is 16.9 Å². The van der Waals surface area contributed by atoms with Crippen molar-refractivity contribution < 1.29 is 0 Å². The minimum absolute atomic E-state index is 0.132. The fourth-order valence-corrected chi connectivity index (χ4v) is 2.24. The minimum Gasteiger partial charge on any atom is -0.395 e. The van der Waals surface area contributed by atoms with Crippen LogP contribution >= 0.6 is 0 Å². The number of imidazole rings is 1. The summed E-state index contributed by atoms with van der Waals surface area (Å²) in [5.74, 6) is 0.973. The third-order valence-corrected chi connectivity index (χ3v) is 3.17. The van der Waals surface area contributed by atoms with E-state index in [2.05, 4.69) is 16.0 Å². The molecule has 2 heterocycles. The first-order valence-electron chi connectivity index (χ1n) is 6.24. The quantitative estimate of drug-likeness (QED) is 0.768. The van der Waals surface area contributed by atoms with Crippen molar-refractivity contribution in [2.75, 3.05) is 5.73 Å². The molecule has 3 aromatic rings. The lowest BCUT2D eigenvalue weighted by atomic mass is 10.2. The second-order valence-corrected chi connectivity index (χ2v) is 4.39. The number of anilines is 1. The summed E-state index contributed by atoms with van der Waals surface area (Å²) in [6.07, 6.45) is 1.65. The molecule has 0 saturated carbocycles. The number of nitriles is 2. The lowest BCUT2D eigenvalue weighted by Gasteiger charge is -2.10. The molecule has 2 N–H and O–H groups in total. The van der Waals surface area contributed by atoms with Gasteiger partial charge in [0, 0.05) is 6.20 Å². The number of nitrogen functional groups attached to an aromatic ring is 1. The zero-order chi connectivity index (χ0) is 14.8. The maximum Gasteiger partial charge on any atom is 0.163 e. The van der Waals surface area contributed by atoms with Crippen LogP contribution in [0.2, 0.25) is 0 Å². The predicted molar refractivity (Wildman–Crippen MR) is 77.3 cm³/mol. The number of fused-ring (bicyclic) bond motifs is 1. The van der Waals surface area contributed by atoms with Gasteiger partial charge in [-0.05, 0) is 18.2 Å². The molecular formula is C15H10N6. The molecule has 0 spiro atoms. The van der Waals surface area contributed by atoms with Gasteiger partial charge in [0.15, 0.2) is 5.82 Å². The molecule has 0 radical (unpaired) electrons. The van der Waals surface area contributed by atoms with Gasteiger partial charge in [-0.25, -0.2) is 9.97 Å². The summed E-state index contributed by atoms with van der Waals surface area (Å²) in [6, 6.07) is 13.2. The first-order chi connectivity index (χ1) is 10.3. The number of para-hydroxylation sites is 2. The van der Waals surface area contributed by atoms with Gasteiger partial charge < -0.3 is 5.73 Å². The summed E-state index contributed by atoms with van der Waals surface area (Å²) in [6.45, 7) is 0. The van der Waals surface area contributed by atoms with Crippen molar-refractivity contribution in [2.45, 2.75) is 6.42 Å². The Bertz CT molecular complexity index is 910. The zero-order valence-corrected chi connectivity index (χ0v) is 11.0. The van der Waals surface area contributed by atoms with Gasteiger partial charge in [0.05, 0.1) is 34.8 Å². The van der Waals surface area contributed by atoms with E-state index in [1.807, 2.05) is 30.3 Å². The largest absolute Gasteiger partial charge is 0.395 e. The van der Waals surface area contributed by atoms with Crippen molar-refractivity contribution in [1.82, 2.24) is 14.5 Å². The highest BCUT2D eigenvalue weighted by Gasteiger charge is 2.16. The highest BCUT2D eigenvalue weighted by Crippen LogP contribution is 2.25. The summed E-state index contributed by atoms with van der Waals surface area (Å²) in [5.41, 5.74) is 8.21. The minimum atomic E-state index is 0.132. The number of hydrogen-bond acceptors (Lipinski definition) is 5. The van der Waals surface area contributed by atoms with E-state index in [4.69, 9.17) is 16.3 Å². The van der Waals surface area contributed by atoms with Gasteiger partial charge in [-0.2, -0.15) is 10.5 Å². The molecule has 0 aliphatic rings. The van der Waals surface area contributed by atoms with Gasteiger partial charge in [-0.3, -0.25) is 4.57 Å². The molecule has 0 aliphatic heterocycles. The lowest BCUT2D eigenvalue weighted by Crippen LogP contribution is -2.07. The van der Waals surface area contributed by atoms with Gasteiger partial charge in [-0.1, -0.05) is 12.1 Å². The Morgan fingerprint density at radius 2 is 2.00 bits per heavy atom. The number of benzene rings is 1. The van der Waals surface area contributed by atoms with Crippen LogP contribution in [0.5, 0.6) is 0 Å². The molecule has 0 unspecified atom stereocenters. The summed E-state index contributed by atoms with van der Waals surface area (Å²) in [5, 5.41) is 18.1. The summed E-state index contributed by atoms with van der Waals surface area (Å²) >= 11 is 0. The molecule has 100 valence electrons. The van der Waals surface area contributed by atoms with Crippen molar-refractivity contribution in [3.63, 3.8) is 0 Å². The van der Waals surface area contributed by atoms with Crippen molar-refractivity contribution in [2.24, 2.45) is 0 Å². The van der Waals surface area contributed by atoms with Gasteiger partial charge >= 0.3 is 0 Å². The monoisotopic (exact) mass is 274 g/mol. The molecule has 0 aliphatic carbocycles. The summed E-state index contributed by atoms with van der Waals surface area (Å²) in [4.78, 5) is 8.70.